The summed E-state index contributed by atoms with van der Waals surface area (Å²) in [7, 11) is 0. The van der Waals surface area contributed by atoms with Gasteiger partial charge in [-0.25, -0.2) is 0 Å². The van der Waals surface area contributed by atoms with Gasteiger partial charge in [0.15, 0.2) is 0 Å². The summed E-state index contributed by atoms with van der Waals surface area (Å²) in [5, 5.41) is 33.0. The average molecular weight is 692 g/mol. The van der Waals surface area contributed by atoms with E-state index in [9.17, 15) is 20.1 Å². The number of hydrogen-bond donors (Lipinski definition) is 4. The first-order valence-electron chi connectivity index (χ1n) is 21.7. The Morgan fingerprint density at radius 1 is 0.490 bits per heavy atom. The molecule has 5 heteroatoms. The summed E-state index contributed by atoms with van der Waals surface area (Å²) < 4.78 is 0. The van der Waals surface area contributed by atoms with Crippen LogP contribution in [-0.2, 0) is 4.79 Å². The van der Waals surface area contributed by atoms with Crippen molar-refractivity contribution in [3.05, 3.63) is 24.3 Å². The average Bonchev–Trinajstić information content (AvgIpc) is 3.11. The Balaban J connectivity index is 3.61. The number of aliphatic hydroxyl groups excluding tert-OH is 3. The lowest BCUT2D eigenvalue weighted by molar-refractivity contribution is -0.131. The smallest absolute Gasteiger partial charge is 0.249 e. The number of rotatable bonds is 39. The molecule has 0 spiro atoms. The van der Waals surface area contributed by atoms with Crippen LogP contribution in [0.25, 0.3) is 0 Å². The van der Waals surface area contributed by atoms with Crippen LogP contribution in [0.1, 0.15) is 226 Å². The second-order valence-electron chi connectivity index (χ2n) is 14.9. The number of amides is 1. The zero-order valence-electron chi connectivity index (χ0n) is 32.8. The second kappa shape index (κ2) is 39.6. The maximum Gasteiger partial charge on any atom is 0.249 e. The van der Waals surface area contributed by atoms with Gasteiger partial charge in [0.05, 0.1) is 18.8 Å². The maximum atomic E-state index is 12.4. The summed E-state index contributed by atoms with van der Waals surface area (Å²) in [6.07, 6.45) is 47.9. The van der Waals surface area contributed by atoms with E-state index in [0.717, 1.165) is 44.9 Å². The molecule has 0 aromatic carbocycles. The number of unbranched alkanes of at least 4 members (excludes halogenated alkanes) is 29. The Bertz CT molecular complexity index is 724. The van der Waals surface area contributed by atoms with Crippen molar-refractivity contribution >= 4 is 5.91 Å². The van der Waals surface area contributed by atoms with E-state index >= 15 is 0 Å². The van der Waals surface area contributed by atoms with Crippen molar-refractivity contribution in [2.75, 3.05) is 6.61 Å². The molecule has 290 valence electrons. The van der Waals surface area contributed by atoms with Crippen LogP contribution in [0.3, 0.4) is 0 Å². The maximum absolute atomic E-state index is 12.4. The number of hydrogen-bond acceptors (Lipinski definition) is 4. The van der Waals surface area contributed by atoms with Gasteiger partial charge in [0.1, 0.15) is 6.10 Å². The van der Waals surface area contributed by atoms with Gasteiger partial charge in [-0.15, -0.1) is 0 Å². The molecule has 0 radical (unpaired) electrons. The third kappa shape index (κ3) is 35.0. The molecule has 0 fully saturated rings. The molecule has 3 unspecified atom stereocenters. The summed E-state index contributed by atoms with van der Waals surface area (Å²) in [6.45, 7) is 4.15. The molecule has 4 N–H and O–H groups in total. The molecule has 1 amide bonds. The topological polar surface area (TPSA) is 89.8 Å². The molecular weight excluding hydrogens is 606 g/mol. The molecule has 5 nitrogen and oxygen atoms in total. The first-order chi connectivity index (χ1) is 24.1. The first-order valence-corrected chi connectivity index (χ1v) is 21.7. The van der Waals surface area contributed by atoms with Crippen molar-refractivity contribution < 1.29 is 20.1 Å². The summed E-state index contributed by atoms with van der Waals surface area (Å²) in [4.78, 5) is 12.4. The van der Waals surface area contributed by atoms with Gasteiger partial charge in [0, 0.05) is 0 Å². The standard InChI is InChI=1S/C44H85NO4/c1-3-5-7-9-11-13-15-16-17-18-19-20-21-22-23-24-25-26-27-29-30-32-34-36-38-42(47)41(40-46)45-44(49)43(48)39-37-35-33-31-28-14-12-10-8-6-4-2/h12,14,36,38,41-43,46-48H,3-11,13,15-35,37,39-40H2,1-2H3,(H,45,49)/b14-12-,38-36+. The molecule has 0 aromatic heterocycles. The van der Waals surface area contributed by atoms with Crippen LogP contribution in [0.2, 0.25) is 0 Å². The van der Waals surface area contributed by atoms with E-state index in [-0.39, 0.29) is 6.61 Å². The van der Waals surface area contributed by atoms with Crippen LogP contribution in [0.5, 0.6) is 0 Å². The molecule has 0 rings (SSSR count). The number of carbonyl (C=O) groups excluding carboxylic acids is 1. The SMILES string of the molecule is CCCCC/C=C\CCCCCCC(O)C(=O)NC(CO)C(O)/C=C/CCCCCCCCCCCCCCCCCCCCCCCC. The Morgan fingerprint density at radius 3 is 1.22 bits per heavy atom. The summed E-state index contributed by atoms with van der Waals surface area (Å²) in [5.74, 6) is -0.513. The monoisotopic (exact) mass is 692 g/mol. The van der Waals surface area contributed by atoms with Crippen molar-refractivity contribution in [1.82, 2.24) is 5.32 Å². The fourth-order valence-corrected chi connectivity index (χ4v) is 6.59. The highest BCUT2D eigenvalue weighted by Gasteiger charge is 2.22. The van der Waals surface area contributed by atoms with Crippen LogP contribution in [0.4, 0.5) is 0 Å². The van der Waals surface area contributed by atoms with E-state index < -0.39 is 24.2 Å². The van der Waals surface area contributed by atoms with E-state index in [1.165, 1.54) is 161 Å². The normalized spacial score (nSPS) is 13.8. The minimum atomic E-state index is -1.10. The number of aliphatic hydroxyl groups is 3. The lowest BCUT2D eigenvalue weighted by atomic mass is 10.0. The summed E-state index contributed by atoms with van der Waals surface area (Å²) >= 11 is 0. The third-order valence-corrected chi connectivity index (χ3v) is 10.0. The van der Waals surface area contributed by atoms with Gasteiger partial charge in [-0.05, 0) is 44.9 Å². The predicted molar refractivity (Wildman–Crippen MR) is 213 cm³/mol. The lowest BCUT2D eigenvalue weighted by Crippen LogP contribution is -2.48. The molecule has 0 bridgehead atoms. The van der Waals surface area contributed by atoms with E-state index in [2.05, 4.69) is 31.3 Å². The number of nitrogens with one attached hydrogen (secondary N) is 1. The molecule has 0 aliphatic heterocycles. The zero-order chi connectivity index (χ0) is 35.9. The Hall–Kier alpha value is -1.17. The highest BCUT2D eigenvalue weighted by molar-refractivity contribution is 5.80. The number of allylic oxidation sites excluding steroid dienone is 3. The lowest BCUT2D eigenvalue weighted by Gasteiger charge is -2.21. The van der Waals surface area contributed by atoms with Crippen molar-refractivity contribution in [1.29, 1.82) is 0 Å². The third-order valence-electron chi connectivity index (χ3n) is 10.0. The molecule has 0 saturated heterocycles. The van der Waals surface area contributed by atoms with Gasteiger partial charge in [0.25, 0.3) is 0 Å². The Labute approximate surface area is 305 Å². The molecule has 3 atom stereocenters. The molecule has 0 heterocycles. The molecule has 49 heavy (non-hydrogen) atoms. The van der Waals surface area contributed by atoms with E-state index in [4.69, 9.17) is 0 Å². The van der Waals surface area contributed by atoms with Crippen molar-refractivity contribution in [3.8, 4) is 0 Å². The van der Waals surface area contributed by atoms with E-state index in [1.54, 1.807) is 6.08 Å². The molecule has 0 saturated carbocycles. The van der Waals surface area contributed by atoms with Crippen LogP contribution in [-0.4, -0.2) is 46.1 Å². The first kappa shape index (κ1) is 47.8. The minimum absolute atomic E-state index is 0.366. The van der Waals surface area contributed by atoms with Crippen LogP contribution < -0.4 is 5.32 Å². The quantitative estimate of drug-likeness (QED) is 0.0381. The summed E-state index contributed by atoms with van der Waals surface area (Å²) in [6, 6.07) is -0.799. The Kier molecular flexibility index (Phi) is 38.7. The Morgan fingerprint density at radius 2 is 0.816 bits per heavy atom. The van der Waals surface area contributed by atoms with E-state index in [0.29, 0.717) is 6.42 Å². The van der Waals surface area contributed by atoms with Crippen LogP contribution in [0, 0.1) is 0 Å². The van der Waals surface area contributed by atoms with Crippen LogP contribution in [0.15, 0.2) is 24.3 Å². The van der Waals surface area contributed by atoms with Crippen molar-refractivity contribution in [2.45, 2.75) is 244 Å². The highest BCUT2D eigenvalue weighted by atomic mass is 16.3. The van der Waals surface area contributed by atoms with Gasteiger partial charge in [-0.3, -0.25) is 4.79 Å². The van der Waals surface area contributed by atoms with Gasteiger partial charge < -0.3 is 20.6 Å². The highest BCUT2D eigenvalue weighted by Crippen LogP contribution is 2.16. The van der Waals surface area contributed by atoms with Gasteiger partial charge in [-0.1, -0.05) is 205 Å². The fourth-order valence-electron chi connectivity index (χ4n) is 6.59. The van der Waals surface area contributed by atoms with Crippen LogP contribution >= 0.6 is 0 Å². The molecule has 0 aliphatic rings. The zero-order valence-corrected chi connectivity index (χ0v) is 32.8. The largest absolute Gasteiger partial charge is 0.394 e. The van der Waals surface area contributed by atoms with E-state index in [1.807, 2.05) is 6.08 Å². The summed E-state index contributed by atoms with van der Waals surface area (Å²) in [5.41, 5.74) is 0. The molecular formula is C44H85NO4. The molecule has 0 aromatic rings. The second-order valence-corrected chi connectivity index (χ2v) is 14.9. The predicted octanol–water partition coefficient (Wildman–Crippen LogP) is 12.2. The minimum Gasteiger partial charge on any atom is -0.394 e. The van der Waals surface area contributed by atoms with Crippen molar-refractivity contribution in [3.63, 3.8) is 0 Å². The fraction of sp³-hybridized carbons (Fsp3) is 0.886. The number of carbonyl (C=O) groups is 1. The van der Waals surface area contributed by atoms with Gasteiger partial charge in [-0.2, -0.15) is 0 Å². The van der Waals surface area contributed by atoms with Gasteiger partial charge >= 0.3 is 0 Å². The van der Waals surface area contributed by atoms with Gasteiger partial charge in [0.2, 0.25) is 5.91 Å². The van der Waals surface area contributed by atoms with Crippen molar-refractivity contribution in [2.24, 2.45) is 0 Å². The molecule has 0 aliphatic carbocycles.